The highest BCUT2D eigenvalue weighted by molar-refractivity contribution is 8.30. The lowest BCUT2D eigenvalue weighted by atomic mass is 10.4. The molecule has 0 aliphatic carbocycles. The van der Waals surface area contributed by atoms with Crippen molar-refractivity contribution in [2.75, 3.05) is 14.2 Å². The Hall–Kier alpha value is -0.930. The molecule has 0 saturated heterocycles. The first-order valence-electron chi connectivity index (χ1n) is 6.41. The van der Waals surface area contributed by atoms with Gasteiger partial charge in [-0.3, -0.25) is 0 Å². The Morgan fingerprint density at radius 3 is 2.00 bits per heavy atom. The number of carbonyl (C=O) groups excluding carboxylic acids is 2. The summed E-state index contributed by atoms with van der Waals surface area (Å²) in [4.78, 5) is 24.9. The third-order valence-electron chi connectivity index (χ3n) is 2.65. The molecule has 1 heterocycles. The van der Waals surface area contributed by atoms with E-state index in [2.05, 4.69) is 0 Å². The molecule has 0 spiro atoms. The maximum atomic E-state index is 11.8. The van der Waals surface area contributed by atoms with Gasteiger partial charge in [-0.15, -0.1) is 0 Å². The van der Waals surface area contributed by atoms with E-state index >= 15 is 0 Å². The van der Waals surface area contributed by atoms with Crippen molar-refractivity contribution >= 4 is 75.2 Å². The summed E-state index contributed by atoms with van der Waals surface area (Å²) in [7, 11) is 2.49. The summed E-state index contributed by atoms with van der Waals surface area (Å²) in [6, 6.07) is 9.54. The Kier molecular flexibility index (Phi) is 7.24. The third-order valence-corrected chi connectivity index (χ3v) is 7.39. The lowest BCUT2D eigenvalue weighted by Gasteiger charge is -2.05. The zero-order valence-electron chi connectivity index (χ0n) is 12.5. The number of halogens is 1. The number of thiocarbonyl (C=S) groups is 1. The molecule has 0 aromatic heterocycles. The predicted molar refractivity (Wildman–Crippen MR) is 104 cm³/mol. The average molecular weight is 419 g/mol. The molecule has 1 aromatic rings. The van der Waals surface area contributed by atoms with Crippen LogP contribution in [-0.2, 0) is 19.1 Å². The number of hydrogen-bond donors (Lipinski definition) is 0. The van der Waals surface area contributed by atoms with Crippen LogP contribution in [0.15, 0.2) is 54.3 Å². The van der Waals surface area contributed by atoms with Crippen molar-refractivity contribution in [1.29, 1.82) is 0 Å². The minimum absolute atomic E-state index is 0.148. The van der Waals surface area contributed by atoms with E-state index in [1.165, 1.54) is 26.0 Å². The molecule has 1 aliphatic rings. The van der Waals surface area contributed by atoms with Gasteiger partial charge in [-0.1, -0.05) is 77.3 Å². The Labute approximate surface area is 162 Å². The standard InChI is InChI=1S/C15H11ClO4S4/c1-19-12(17)10-11(13(18)20-2)24-15(23-10)9(16)14(21)22-8-6-4-3-5-7-8/h3-7H,1-2H3. The molecule has 2 rings (SSSR count). The first kappa shape index (κ1) is 19.4. The second-order valence-electron chi connectivity index (χ2n) is 4.15. The van der Waals surface area contributed by atoms with E-state index in [1.54, 1.807) is 0 Å². The molecule has 0 atom stereocenters. The van der Waals surface area contributed by atoms with Gasteiger partial charge < -0.3 is 9.47 Å². The van der Waals surface area contributed by atoms with E-state index in [4.69, 9.17) is 33.3 Å². The zero-order chi connectivity index (χ0) is 17.7. The summed E-state index contributed by atoms with van der Waals surface area (Å²) in [5.74, 6) is -1.23. The molecule has 0 N–H and O–H groups in total. The Morgan fingerprint density at radius 2 is 1.54 bits per heavy atom. The normalized spacial score (nSPS) is 13.7. The number of rotatable bonds is 4. The van der Waals surface area contributed by atoms with Crippen molar-refractivity contribution in [2.45, 2.75) is 4.90 Å². The predicted octanol–water partition coefficient (Wildman–Crippen LogP) is 4.55. The summed E-state index contributed by atoms with van der Waals surface area (Å²) in [6.07, 6.45) is 0. The van der Waals surface area contributed by atoms with Gasteiger partial charge in [-0.05, 0) is 12.1 Å². The molecule has 0 radical (unpaired) electrons. The van der Waals surface area contributed by atoms with Crippen LogP contribution in [0.3, 0.4) is 0 Å². The SMILES string of the molecule is COC(=O)C1=C(C(=O)OC)SC(=C(Cl)C(=S)Sc2ccccc2)S1. The summed E-state index contributed by atoms with van der Waals surface area (Å²) in [5, 5.41) is 0.314. The van der Waals surface area contributed by atoms with Crippen LogP contribution in [0.25, 0.3) is 0 Å². The van der Waals surface area contributed by atoms with Crippen molar-refractivity contribution < 1.29 is 19.1 Å². The topological polar surface area (TPSA) is 52.6 Å². The molecule has 0 fully saturated rings. The highest BCUT2D eigenvalue weighted by atomic mass is 35.5. The van der Waals surface area contributed by atoms with Gasteiger partial charge in [-0.2, -0.15) is 0 Å². The van der Waals surface area contributed by atoms with Crippen LogP contribution in [0.5, 0.6) is 0 Å². The molecule has 0 amide bonds. The minimum Gasteiger partial charge on any atom is -0.465 e. The van der Waals surface area contributed by atoms with E-state index < -0.39 is 11.9 Å². The van der Waals surface area contributed by atoms with E-state index in [1.807, 2.05) is 30.3 Å². The first-order valence-corrected chi connectivity index (χ1v) is 9.65. The van der Waals surface area contributed by atoms with E-state index in [-0.39, 0.29) is 9.81 Å². The van der Waals surface area contributed by atoms with E-state index in [9.17, 15) is 9.59 Å². The number of esters is 2. The molecule has 4 nitrogen and oxygen atoms in total. The molecular weight excluding hydrogens is 408 g/mol. The van der Waals surface area contributed by atoms with Crippen molar-refractivity contribution in [3.63, 3.8) is 0 Å². The van der Waals surface area contributed by atoms with Gasteiger partial charge in [0.15, 0.2) is 0 Å². The van der Waals surface area contributed by atoms with Gasteiger partial charge in [-0.25, -0.2) is 9.59 Å². The maximum Gasteiger partial charge on any atom is 0.346 e. The number of carbonyl (C=O) groups is 2. The highest BCUT2D eigenvalue weighted by Crippen LogP contribution is 2.52. The summed E-state index contributed by atoms with van der Waals surface area (Å²) in [5.41, 5.74) is 0. The zero-order valence-corrected chi connectivity index (χ0v) is 16.6. The van der Waals surface area contributed by atoms with Gasteiger partial charge in [0, 0.05) is 4.90 Å². The van der Waals surface area contributed by atoms with Crippen molar-refractivity contribution in [1.82, 2.24) is 0 Å². The van der Waals surface area contributed by atoms with Gasteiger partial charge in [0.25, 0.3) is 0 Å². The molecule has 0 unspecified atom stereocenters. The van der Waals surface area contributed by atoms with Crippen LogP contribution in [-0.4, -0.2) is 30.4 Å². The van der Waals surface area contributed by atoms with E-state index in [0.717, 1.165) is 28.4 Å². The fourth-order valence-corrected chi connectivity index (χ4v) is 5.62. The molecule has 0 bridgehead atoms. The van der Waals surface area contributed by atoms with Crippen LogP contribution in [0.2, 0.25) is 0 Å². The largest absolute Gasteiger partial charge is 0.465 e. The summed E-state index contributed by atoms with van der Waals surface area (Å²) in [6.45, 7) is 0. The summed E-state index contributed by atoms with van der Waals surface area (Å²) >= 11 is 15.2. The fourth-order valence-electron chi connectivity index (χ4n) is 1.57. The van der Waals surface area contributed by atoms with Crippen molar-refractivity contribution in [3.05, 3.63) is 49.4 Å². The number of methoxy groups -OCH3 is 2. The van der Waals surface area contributed by atoms with Crippen LogP contribution in [0, 0.1) is 0 Å². The molecule has 24 heavy (non-hydrogen) atoms. The lowest BCUT2D eigenvalue weighted by molar-refractivity contribution is -0.138. The van der Waals surface area contributed by atoms with Gasteiger partial charge >= 0.3 is 11.9 Å². The molecule has 1 aliphatic heterocycles. The lowest BCUT2D eigenvalue weighted by Crippen LogP contribution is -2.08. The summed E-state index contributed by atoms with van der Waals surface area (Å²) < 4.78 is 10.4. The quantitative estimate of drug-likeness (QED) is 0.305. The second-order valence-corrected chi connectivity index (χ2v) is 8.58. The number of hydrogen-bond acceptors (Lipinski definition) is 8. The van der Waals surface area contributed by atoms with Crippen molar-refractivity contribution in [3.8, 4) is 0 Å². The minimum atomic E-state index is -0.617. The number of thioether (sulfide) groups is 3. The molecule has 0 saturated carbocycles. The third kappa shape index (κ3) is 4.58. The number of ether oxygens (including phenoxy) is 2. The monoisotopic (exact) mass is 418 g/mol. The van der Waals surface area contributed by atoms with Crippen LogP contribution in [0.1, 0.15) is 0 Å². The van der Waals surface area contributed by atoms with Crippen LogP contribution in [0.4, 0.5) is 0 Å². The Morgan fingerprint density at radius 1 is 1.04 bits per heavy atom. The van der Waals surface area contributed by atoms with Gasteiger partial charge in [0.1, 0.15) is 9.81 Å². The van der Waals surface area contributed by atoms with Gasteiger partial charge in [0.05, 0.1) is 27.7 Å². The fraction of sp³-hybridized carbons (Fsp3) is 0.133. The van der Waals surface area contributed by atoms with Crippen LogP contribution >= 0.6 is 59.1 Å². The highest BCUT2D eigenvalue weighted by Gasteiger charge is 2.34. The van der Waals surface area contributed by atoms with Gasteiger partial charge in [0.2, 0.25) is 0 Å². The molecule has 126 valence electrons. The second kappa shape index (κ2) is 8.96. The molecule has 9 heteroatoms. The average Bonchev–Trinajstić information content (AvgIpc) is 3.05. The van der Waals surface area contributed by atoms with Crippen LogP contribution < -0.4 is 0 Å². The molecular formula is C15H11ClO4S4. The molecule has 1 aromatic carbocycles. The van der Waals surface area contributed by atoms with Crippen molar-refractivity contribution in [2.24, 2.45) is 0 Å². The number of benzene rings is 1. The van der Waals surface area contributed by atoms with E-state index in [0.29, 0.717) is 13.5 Å². The maximum absolute atomic E-state index is 11.8. The first-order chi connectivity index (χ1) is 11.5. The Bertz CT molecular complexity index is 713. The Balaban J connectivity index is 2.23. The smallest absolute Gasteiger partial charge is 0.346 e.